The number of benzene rings is 1. The lowest BCUT2D eigenvalue weighted by Crippen LogP contribution is -2.42. The number of likely N-dealkylation sites (N-methyl/N-ethyl adjacent to an activating group) is 1. The Labute approximate surface area is 182 Å². The van der Waals surface area contributed by atoms with E-state index in [4.69, 9.17) is 0 Å². The van der Waals surface area contributed by atoms with Crippen LogP contribution >= 0.6 is 0 Å². The van der Waals surface area contributed by atoms with Crippen molar-refractivity contribution in [3.8, 4) is 0 Å². The van der Waals surface area contributed by atoms with Crippen molar-refractivity contribution in [2.75, 3.05) is 42.6 Å². The number of hydrogen-bond donors (Lipinski definition) is 1. The molecule has 1 saturated heterocycles. The average Bonchev–Trinajstić information content (AvgIpc) is 3.04. The zero-order valence-electron chi connectivity index (χ0n) is 17.8. The number of nitrogens with zero attached hydrogens (tertiary/aromatic N) is 3. The van der Waals surface area contributed by atoms with Crippen LogP contribution in [0.3, 0.4) is 0 Å². The van der Waals surface area contributed by atoms with Gasteiger partial charge in [0.05, 0.1) is 27.9 Å². The fraction of sp³-hybridized carbons (Fsp3) is 0.611. The summed E-state index contributed by atoms with van der Waals surface area (Å²) in [6.07, 6.45) is 0.332. The third-order valence-corrected chi connectivity index (χ3v) is 8.96. The van der Waals surface area contributed by atoms with Crippen LogP contribution in [-0.4, -0.2) is 75.7 Å². The molecule has 1 heterocycles. The molecule has 1 aromatic carbocycles. The molecule has 2 rings (SSSR count). The molecule has 0 aliphatic carbocycles. The fourth-order valence-corrected chi connectivity index (χ4v) is 6.66. The van der Waals surface area contributed by atoms with Gasteiger partial charge in [-0.1, -0.05) is 13.8 Å². The van der Waals surface area contributed by atoms with Crippen molar-refractivity contribution in [3.63, 3.8) is 0 Å². The van der Waals surface area contributed by atoms with Gasteiger partial charge in [0.15, 0.2) is 9.84 Å². The minimum Gasteiger partial charge on any atom is -0.357 e. The second-order valence-electron chi connectivity index (χ2n) is 7.18. The third-order valence-electron chi connectivity index (χ3n) is 5.14. The third kappa shape index (κ3) is 5.92. The molecule has 0 saturated carbocycles. The highest BCUT2D eigenvalue weighted by Gasteiger charge is 2.30. The number of amides is 1. The van der Waals surface area contributed by atoms with Crippen molar-refractivity contribution in [2.45, 2.75) is 38.1 Å². The van der Waals surface area contributed by atoms with E-state index in [-0.39, 0.29) is 48.3 Å². The van der Waals surface area contributed by atoms with Crippen LogP contribution in [0.1, 0.15) is 27.2 Å². The molecule has 0 bridgehead atoms. The minimum absolute atomic E-state index is 0.0172. The normalized spacial score (nSPS) is 18.1. The van der Waals surface area contributed by atoms with Gasteiger partial charge in [0.1, 0.15) is 5.69 Å². The van der Waals surface area contributed by atoms with Crippen LogP contribution in [0.15, 0.2) is 23.1 Å². The van der Waals surface area contributed by atoms with E-state index in [1.54, 1.807) is 20.8 Å². The quantitative estimate of drug-likeness (QED) is 0.384. The van der Waals surface area contributed by atoms with Crippen molar-refractivity contribution in [3.05, 3.63) is 28.3 Å². The lowest BCUT2D eigenvalue weighted by molar-refractivity contribution is -0.384. The molecule has 11 nitrogen and oxygen atoms in total. The summed E-state index contributed by atoms with van der Waals surface area (Å²) in [5.74, 6) is -0.565. The van der Waals surface area contributed by atoms with E-state index in [2.05, 4.69) is 5.32 Å². The second-order valence-corrected chi connectivity index (χ2v) is 11.3. The summed E-state index contributed by atoms with van der Waals surface area (Å²) in [5, 5.41) is 14.3. The Morgan fingerprint density at radius 1 is 1.23 bits per heavy atom. The molecule has 1 fully saturated rings. The molecule has 1 aromatic rings. The molecule has 31 heavy (non-hydrogen) atoms. The molecule has 1 N–H and O–H groups in total. The summed E-state index contributed by atoms with van der Waals surface area (Å²) < 4.78 is 49.8. The SMILES string of the molecule is CCN(CC(=O)N[C@H]1CCS(=O)(=O)C1)c1ccc(S(=O)(=O)N(CC)CC)cc1[N+](=O)[O-]. The zero-order chi connectivity index (χ0) is 23.4. The predicted molar refractivity (Wildman–Crippen MR) is 116 cm³/mol. The number of carbonyl (C=O) groups is 1. The smallest absolute Gasteiger partial charge is 0.293 e. The topological polar surface area (TPSA) is 147 Å². The molecular weight excluding hydrogens is 448 g/mol. The standard InChI is InChI=1S/C18H28N4O7S2/c1-4-20(12-18(23)19-14-9-10-30(26,27)13-14)16-8-7-15(11-17(16)22(24)25)31(28,29)21(5-2)6-3/h7-8,11,14H,4-6,9-10,12-13H2,1-3H3,(H,19,23)/t14-/m0/s1. The number of rotatable bonds is 10. The van der Waals surface area contributed by atoms with E-state index in [0.29, 0.717) is 6.42 Å². The summed E-state index contributed by atoms with van der Waals surface area (Å²) >= 11 is 0. The van der Waals surface area contributed by atoms with Gasteiger partial charge in [0.2, 0.25) is 15.9 Å². The van der Waals surface area contributed by atoms with Crippen LogP contribution in [0.5, 0.6) is 0 Å². The highest BCUT2D eigenvalue weighted by molar-refractivity contribution is 7.91. The number of nitrogens with one attached hydrogen (secondary N) is 1. The van der Waals surface area contributed by atoms with E-state index >= 15 is 0 Å². The Bertz CT molecular complexity index is 1040. The highest BCUT2D eigenvalue weighted by atomic mass is 32.2. The maximum atomic E-state index is 12.7. The Kier molecular flexibility index (Phi) is 8.00. The van der Waals surface area contributed by atoms with Gasteiger partial charge in [-0.05, 0) is 25.5 Å². The molecule has 1 atom stereocenters. The molecule has 1 aliphatic heterocycles. The van der Waals surface area contributed by atoms with Crippen LogP contribution in [0.4, 0.5) is 11.4 Å². The molecule has 0 unspecified atom stereocenters. The van der Waals surface area contributed by atoms with Crippen LogP contribution in [0.25, 0.3) is 0 Å². The maximum absolute atomic E-state index is 12.7. The van der Waals surface area contributed by atoms with Gasteiger partial charge in [0, 0.05) is 31.7 Å². The monoisotopic (exact) mass is 476 g/mol. The van der Waals surface area contributed by atoms with Crippen LogP contribution in [-0.2, 0) is 24.7 Å². The Morgan fingerprint density at radius 2 is 1.87 bits per heavy atom. The molecule has 174 valence electrons. The molecular formula is C18H28N4O7S2. The molecule has 1 amide bonds. The van der Waals surface area contributed by atoms with E-state index in [1.807, 2.05) is 0 Å². The second kappa shape index (κ2) is 9.92. The molecule has 1 aliphatic rings. The average molecular weight is 477 g/mol. The van der Waals surface area contributed by atoms with Crippen molar-refractivity contribution >= 4 is 37.1 Å². The van der Waals surface area contributed by atoms with Crippen LogP contribution in [0.2, 0.25) is 0 Å². The Hall–Kier alpha value is -2.25. The van der Waals surface area contributed by atoms with Crippen molar-refractivity contribution in [2.24, 2.45) is 0 Å². The molecule has 0 spiro atoms. The van der Waals surface area contributed by atoms with Gasteiger partial charge in [-0.2, -0.15) is 4.31 Å². The number of anilines is 1. The first kappa shape index (κ1) is 25.0. The first-order valence-corrected chi connectivity index (χ1v) is 13.2. The number of hydrogen-bond acceptors (Lipinski definition) is 8. The Morgan fingerprint density at radius 3 is 2.35 bits per heavy atom. The Balaban J connectivity index is 2.28. The first-order valence-electron chi connectivity index (χ1n) is 9.98. The lowest BCUT2D eigenvalue weighted by Gasteiger charge is -2.24. The lowest BCUT2D eigenvalue weighted by atomic mass is 10.2. The summed E-state index contributed by atoms with van der Waals surface area (Å²) in [4.78, 5) is 24.7. The van der Waals surface area contributed by atoms with Crippen molar-refractivity contribution in [1.29, 1.82) is 0 Å². The minimum atomic E-state index is -3.88. The molecule has 13 heteroatoms. The molecule has 0 radical (unpaired) electrons. The van der Waals surface area contributed by atoms with Gasteiger partial charge >= 0.3 is 0 Å². The van der Waals surface area contributed by atoms with Gasteiger partial charge < -0.3 is 10.2 Å². The van der Waals surface area contributed by atoms with Crippen molar-refractivity contribution < 1.29 is 26.6 Å². The summed E-state index contributed by atoms with van der Waals surface area (Å²) in [6, 6.07) is 3.14. The van der Waals surface area contributed by atoms with Gasteiger partial charge in [-0.15, -0.1) is 0 Å². The van der Waals surface area contributed by atoms with Crippen LogP contribution in [0, 0.1) is 10.1 Å². The summed E-state index contributed by atoms with van der Waals surface area (Å²) in [5.41, 5.74) is -0.313. The largest absolute Gasteiger partial charge is 0.357 e. The number of sulfonamides is 1. The maximum Gasteiger partial charge on any atom is 0.293 e. The van der Waals surface area contributed by atoms with E-state index < -0.39 is 42.4 Å². The van der Waals surface area contributed by atoms with Gasteiger partial charge in [0.25, 0.3) is 5.69 Å². The van der Waals surface area contributed by atoms with Gasteiger partial charge in [-0.3, -0.25) is 14.9 Å². The number of nitro benzene ring substituents is 1. The van der Waals surface area contributed by atoms with E-state index in [1.165, 1.54) is 21.3 Å². The number of sulfone groups is 1. The van der Waals surface area contributed by atoms with E-state index in [0.717, 1.165) is 6.07 Å². The molecule has 0 aromatic heterocycles. The van der Waals surface area contributed by atoms with Crippen LogP contribution < -0.4 is 10.2 Å². The van der Waals surface area contributed by atoms with E-state index in [9.17, 15) is 31.7 Å². The van der Waals surface area contributed by atoms with Gasteiger partial charge in [-0.25, -0.2) is 16.8 Å². The summed E-state index contributed by atoms with van der Waals surface area (Å²) in [6.45, 7) is 5.54. The summed E-state index contributed by atoms with van der Waals surface area (Å²) in [7, 11) is -7.04. The fourth-order valence-electron chi connectivity index (χ4n) is 3.51. The number of carbonyl (C=O) groups excluding carboxylic acids is 1. The predicted octanol–water partition coefficient (Wildman–Crippen LogP) is 0.755. The first-order chi connectivity index (χ1) is 14.4. The number of nitro groups is 1. The highest BCUT2D eigenvalue weighted by Crippen LogP contribution is 2.31. The zero-order valence-corrected chi connectivity index (χ0v) is 19.4. The van der Waals surface area contributed by atoms with Crippen molar-refractivity contribution in [1.82, 2.24) is 9.62 Å².